The van der Waals surface area contributed by atoms with Gasteiger partial charge in [0.05, 0.1) is 23.8 Å². The highest BCUT2D eigenvalue weighted by Crippen LogP contribution is 2.10. The Hall–Kier alpha value is -2.54. The van der Waals surface area contributed by atoms with Gasteiger partial charge in [-0.3, -0.25) is 9.78 Å². The first-order valence-corrected chi connectivity index (χ1v) is 7.29. The Morgan fingerprint density at radius 1 is 1.26 bits per heavy atom. The average Bonchev–Trinajstić information content (AvgIpc) is 2.58. The molecule has 1 atom stereocenters. The third kappa shape index (κ3) is 4.72. The smallest absolute Gasteiger partial charge is 0.328 e. The van der Waals surface area contributed by atoms with Crippen LogP contribution in [0.5, 0.6) is 0 Å². The van der Waals surface area contributed by atoms with E-state index in [9.17, 15) is 9.59 Å². The van der Waals surface area contributed by atoms with Crippen LogP contribution in [0, 0.1) is 0 Å². The quantitative estimate of drug-likeness (QED) is 0.762. The molecule has 1 heterocycles. The van der Waals surface area contributed by atoms with Crippen molar-refractivity contribution in [1.29, 1.82) is 0 Å². The Balaban J connectivity index is 2.12. The van der Waals surface area contributed by atoms with E-state index in [1.807, 2.05) is 24.3 Å². The van der Waals surface area contributed by atoms with Crippen molar-refractivity contribution in [3.05, 3.63) is 36.2 Å². The lowest BCUT2D eigenvalue weighted by atomic mass is 10.1. The van der Waals surface area contributed by atoms with Gasteiger partial charge in [0.15, 0.2) is 0 Å². The second-order valence-corrected chi connectivity index (χ2v) is 4.83. The molecule has 1 N–H and O–H groups in total. The summed E-state index contributed by atoms with van der Waals surface area (Å²) >= 11 is 0. The fourth-order valence-corrected chi connectivity index (χ4v) is 2.07. The van der Waals surface area contributed by atoms with Crippen molar-refractivity contribution >= 4 is 22.9 Å². The van der Waals surface area contributed by atoms with E-state index in [0.717, 1.165) is 11.0 Å². The molecule has 0 unspecified atom stereocenters. The van der Waals surface area contributed by atoms with E-state index < -0.39 is 12.0 Å². The monoisotopic (exact) mass is 317 g/mol. The summed E-state index contributed by atoms with van der Waals surface area (Å²) in [6.07, 6.45) is 1.79. The minimum absolute atomic E-state index is 0.104. The number of rotatable bonds is 7. The molecule has 0 bridgehead atoms. The number of nitrogens with zero attached hydrogens (tertiary/aromatic N) is 2. The molecule has 1 amide bonds. The summed E-state index contributed by atoms with van der Waals surface area (Å²) in [6, 6.07) is 6.61. The minimum Gasteiger partial charge on any atom is -0.467 e. The lowest BCUT2D eigenvalue weighted by Gasteiger charge is -2.16. The highest BCUT2D eigenvalue weighted by molar-refractivity contribution is 5.85. The summed E-state index contributed by atoms with van der Waals surface area (Å²) in [6.45, 7) is 2.11. The number of hydrogen-bond donors (Lipinski definition) is 1. The Bertz CT molecular complexity index is 690. The van der Waals surface area contributed by atoms with Crippen LogP contribution in [0.2, 0.25) is 0 Å². The van der Waals surface area contributed by atoms with Crippen LogP contribution >= 0.6 is 0 Å². The highest BCUT2D eigenvalue weighted by Gasteiger charge is 2.22. The van der Waals surface area contributed by atoms with Crippen molar-refractivity contribution in [2.24, 2.45) is 0 Å². The number of hydrogen-bond acceptors (Lipinski definition) is 6. The van der Waals surface area contributed by atoms with E-state index in [1.54, 1.807) is 13.1 Å². The van der Waals surface area contributed by atoms with Crippen molar-refractivity contribution in [2.75, 3.05) is 20.3 Å². The van der Waals surface area contributed by atoms with Crippen LogP contribution in [0.15, 0.2) is 30.5 Å². The van der Waals surface area contributed by atoms with Gasteiger partial charge in [-0.15, -0.1) is 0 Å². The maximum absolute atomic E-state index is 11.9. The first-order valence-electron chi connectivity index (χ1n) is 7.29. The van der Waals surface area contributed by atoms with Crippen molar-refractivity contribution < 1.29 is 19.1 Å². The van der Waals surface area contributed by atoms with Crippen LogP contribution in [0.1, 0.15) is 12.6 Å². The molecule has 2 rings (SSSR count). The van der Waals surface area contributed by atoms with Gasteiger partial charge < -0.3 is 14.8 Å². The zero-order valence-electron chi connectivity index (χ0n) is 13.1. The lowest BCUT2D eigenvalue weighted by Crippen LogP contribution is -2.44. The van der Waals surface area contributed by atoms with E-state index in [4.69, 9.17) is 9.47 Å². The Morgan fingerprint density at radius 3 is 2.70 bits per heavy atom. The van der Waals surface area contributed by atoms with Crippen molar-refractivity contribution in [2.45, 2.75) is 19.4 Å². The molecule has 1 aromatic carbocycles. The van der Waals surface area contributed by atoms with Gasteiger partial charge in [-0.25, -0.2) is 9.78 Å². The fourth-order valence-electron chi connectivity index (χ4n) is 2.07. The molecule has 0 aliphatic rings. The number of methoxy groups -OCH3 is 1. The van der Waals surface area contributed by atoms with E-state index in [0.29, 0.717) is 12.3 Å². The SMILES string of the molecule is CCOCC(=O)N[C@@H](Cc1cnc2ccccc2n1)C(=O)OC. The van der Waals surface area contributed by atoms with Crippen LogP contribution in [-0.2, 0) is 25.5 Å². The number of para-hydroxylation sites is 2. The predicted octanol–water partition coefficient (Wildman–Crippen LogP) is 0.867. The molecule has 0 aliphatic heterocycles. The number of ether oxygens (including phenoxy) is 2. The van der Waals surface area contributed by atoms with Crippen LogP contribution in [-0.4, -0.2) is 48.2 Å². The number of amides is 1. The summed E-state index contributed by atoms with van der Waals surface area (Å²) in [4.78, 5) is 32.4. The molecule has 2 aromatic rings. The van der Waals surface area contributed by atoms with Crippen LogP contribution in [0.25, 0.3) is 11.0 Å². The Labute approximate surface area is 134 Å². The fraction of sp³-hybridized carbons (Fsp3) is 0.375. The van der Waals surface area contributed by atoms with Crippen molar-refractivity contribution in [3.63, 3.8) is 0 Å². The molecule has 122 valence electrons. The molecular formula is C16H19N3O4. The van der Waals surface area contributed by atoms with Gasteiger partial charge in [-0.05, 0) is 19.1 Å². The normalized spacial score (nSPS) is 11.9. The summed E-state index contributed by atoms with van der Waals surface area (Å²) in [7, 11) is 1.27. The van der Waals surface area contributed by atoms with Gasteiger partial charge >= 0.3 is 5.97 Å². The van der Waals surface area contributed by atoms with E-state index >= 15 is 0 Å². The lowest BCUT2D eigenvalue weighted by molar-refractivity contribution is -0.145. The summed E-state index contributed by atoms with van der Waals surface area (Å²) in [5.41, 5.74) is 2.09. The predicted molar refractivity (Wildman–Crippen MR) is 83.7 cm³/mol. The Morgan fingerprint density at radius 2 is 2.00 bits per heavy atom. The second-order valence-electron chi connectivity index (χ2n) is 4.83. The largest absolute Gasteiger partial charge is 0.467 e. The minimum atomic E-state index is -0.830. The molecule has 0 saturated heterocycles. The average molecular weight is 317 g/mol. The first-order chi connectivity index (χ1) is 11.1. The van der Waals surface area contributed by atoms with E-state index in [2.05, 4.69) is 15.3 Å². The number of carbonyl (C=O) groups excluding carboxylic acids is 2. The molecule has 0 aliphatic carbocycles. The van der Waals surface area contributed by atoms with Crippen LogP contribution in [0.4, 0.5) is 0 Å². The van der Waals surface area contributed by atoms with E-state index in [-0.39, 0.29) is 18.9 Å². The standard InChI is InChI=1S/C16H19N3O4/c1-3-23-10-15(20)19-14(16(21)22-2)8-11-9-17-12-6-4-5-7-13(12)18-11/h4-7,9,14H,3,8,10H2,1-2H3,(H,19,20)/t14-/m0/s1. The summed E-state index contributed by atoms with van der Waals surface area (Å²) in [5.74, 6) is -0.916. The topological polar surface area (TPSA) is 90.4 Å². The number of aromatic nitrogens is 2. The maximum atomic E-state index is 11.9. The van der Waals surface area contributed by atoms with Gasteiger partial charge in [-0.2, -0.15) is 0 Å². The van der Waals surface area contributed by atoms with Gasteiger partial charge in [0.25, 0.3) is 0 Å². The summed E-state index contributed by atoms with van der Waals surface area (Å²) < 4.78 is 9.76. The number of esters is 1. The molecule has 0 radical (unpaired) electrons. The number of nitrogens with one attached hydrogen (secondary N) is 1. The van der Waals surface area contributed by atoms with Gasteiger partial charge in [0.1, 0.15) is 12.6 Å². The molecule has 0 saturated carbocycles. The molecule has 7 heteroatoms. The third-order valence-corrected chi connectivity index (χ3v) is 3.17. The third-order valence-electron chi connectivity index (χ3n) is 3.17. The van der Waals surface area contributed by atoms with Crippen molar-refractivity contribution in [1.82, 2.24) is 15.3 Å². The Kier molecular flexibility index (Phi) is 5.99. The number of benzene rings is 1. The molecule has 0 spiro atoms. The second kappa shape index (κ2) is 8.19. The van der Waals surface area contributed by atoms with Gasteiger partial charge in [0, 0.05) is 19.2 Å². The summed E-state index contributed by atoms with van der Waals surface area (Å²) in [5, 5.41) is 2.59. The van der Waals surface area contributed by atoms with E-state index in [1.165, 1.54) is 7.11 Å². The zero-order valence-corrected chi connectivity index (χ0v) is 13.1. The number of fused-ring (bicyclic) bond motifs is 1. The molecule has 0 fully saturated rings. The van der Waals surface area contributed by atoms with Crippen molar-refractivity contribution in [3.8, 4) is 0 Å². The molecular weight excluding hydrogens is 298 g/mol. The maximum Gasteiger partial charge on any atom is 0.328 e. The van der Waals surface area contributed by atoms with Gasteiger partial charge in [0.2, 0.25) is 5.91 Å². The highest BCUT2D eigenvalue weighted by atomic mass is 16.5. The molecule has 7 nitrogen and oxygen atoms in total. The van der Waals surface area contributed by atoms with Crippen LogP contribution < -0.4 is 5.32 Å². The first kappa shape index (κ1) is 16.8. The van der Waals surface area contributed by atoms with Crippen LogP contribution in [0.3, 0.4) is 0 Å². The van der Waals surface area contributed by atoms with Gasteiger partial charge in [-0.1, -0.05) is 12.1 Å². The molecule has 23 heavy (non-hydrogen) atoms. The number of carbonyl (C=O) groups is 2. The zero-order chi connectivity index (χ0) is 16.7. The molecule has 1 aromatic heterocycles.